The molecular weight excluding hydrogens is 294 g/mol. The van der Waals surface area contributed by atoms with Crippen LogP contribution < -0.4 is 15.2 Å². The number of halogens is 1. The van der Waals surface area contributed by atoms with Gasteiger partial charge in [-0.3, -0.25) is 0 Å². The van der Waals surface area contributed by atoms with E-state index < -0.39 is 0 Å². The van der Waals surface area contributed by atoms with Gasteiger partial charge in [0.05, 0.1) is 11.6 Å². The fourth-order valence-corrected chi connectivity index (χ4v) is 2.05. The van der Waals surface area contributed by atoms with Crippen LogP contribution in [0.4, 0.5) is 5.69 Å². The first kappa shape index (κ1) is 12.8. The third kappa shape index (κ3) is 2.76. The van der Waals surface area contributed by atoms with E-state index in [9.17, 15) is 0 Å². The second kappa shape index (κ2) is 5.31. The van der Waals surface area contributed by atoms with E-state index >= 15 is 0 Å². The highest BCUT2D eigenvalue weighted by molar-refractivity contribution is 9.10. The van der Waals surface area contributed by atoms with Gasteiger partial charge in [-0.1, -0.05) is 6.07 Å². The second-order valence-corrected chi connectivity index (χ2v) is 4.80. The number of hydrogen-bond donors (Lipinski definition) is 1. The molecule has 0 radical (unpaired) electrons. The van der Waals surface area contributed by atoms with Crippen LogP contribution in [0.1, 0.15) is 5.56 Å². The summed E-state index contributed by atoms with van der Waals surface area (Å²) in [6.45, 7) is 2.01. The lowest BCUT2D eigenvalue weighted by Crippen LogP contribution is -1.92. The average molecular weight is 308 g/mol. The van der Waals surface area contributed by atoms with Gasteiger partial charge in [0.2, 0.25) is 0 Å². The van der Waals surface area contributed by atoms with Crippen molar-refractivity contribution in [3.05, 3.63) is 46.4 Å². The van der Waals surface area contributed by atoms with Crippen molar-refractivity contribution in [3.8, 4) is 17.2 Å². The average Bonchev–Trinajstić information content (AvgIpc) is 2.34. The number of nitrogens with two attached hydrogens (primary N) is 1. The molecule has 3 nitrogen and oxygen atoms in total. The van der Waals surface area contributed by atoms with Crippen molar-refractivity contribution in [2.75, 3.05) is 12.8 Å². The number of anilines is 1. The molecule has 0 aliphatic heterocycles. The number of benzene rings is 2. The standard InChI is InChI=1S/C14H14BrNO2/c1-9-3-5-13(14(7-9)17-2)18-12-6-4-10(16)8-11(12)15/h3-8H,16H2,1-2H3. The fraction of sp³-hybridized carbons (Fsp3) is 0.143. The quantitative estimate of drug-likeness (QED) is 0.867. The maximum atomic E-state index is 5.81. The van der Waals surface area contributed by atoms with Gasteiger partial charge in [-0.2, -0.15) is 0 Å². The Morgan fingerprint density at radius 1 is 1.00 bits per heavy atom. The third-order valence-corrected chi connectivity index (χ3v) is 3.11. The predicted molar refractivity (Wildman–Crippen MR) is 76.4 cm³/mol. The van der Waals surface area contributed by atoms with E-state index in [1.54, 1.807) is 19.2 Å². The normalized spacial score (nSPS) is 10.2. The Morgan fingerprint density at radius 3 is 2.39 bits per heavy atom. The van der Waals surface area contributed by atoms with Crippen LogP contribution in [0, 0.1) is 6.92 Å². The highest BCUT2D eigenvalue weighted by Gasteiger charge is 2.08. The van der Waals surface area contributed by atoms with Crippen molar-refractivity contribution in [1.29, 1.82) is 0 Å². The molecule has 0 aromatic heterocycles. The summed E-state index contributed by atoms with van der Waals surface area (Å²) in [7, 11) is 1.62. The molecule has 0 unspecified atom stereocenters. The molecule has 0 fully saturated rings. The number of rotatable bonds is 3. The largest absolute Gasteiger partial charge is 0.493 e. The van der Waals surface area contributed by atoms with Crippen molar-refractivity contribution in [3.63, 3.8) is 0 Å². The van der Waals surface area contributed by atoms with Crippen LogP contribution in [0.15, 0.2) is 40.9 Å². The lowest BCUT2D eigenvalue weighted by atomic mass is 10.2. The van der Waals surface area contributed by atoms with Gasteiger partial charge in [-0.05, 0) is 58.7 Å². The Kier molecular flexibility index (Phi) is 3.77. The molecule has 0 heterocycles. The van der Waals surface area contributed by atoms with Gasteiger partial charge < -0.3 is 15.2 Å². The molecule has 2 aromatic carbocycles. The second-order valence-electron chi connectivity index (χ2n) is 3.95. The van der Waals surface area contributed by atoms with Gasteiger partial charge in [0, 0.05) is 5.69 Å². The molecule has 0 saturated carbocycles. The van der Waals surface area contributed by atoms with Crippen molar-refractivity contribution < 1.29 is 9.47 Å². The van der Waals surface area contributed by atoms with Crippen LogP contribution in [0.25, 0.3) is 0 Å². The maximum absolute atomic E-state index is 5.81. The van der Waals surface area contributed by atoms with Crippen molar-refractivity contribution in [1.82, 2.24) is 0 Å². The van der Waals surface area contributed by atoms with E-state index in [4.69, 9.17) is 15.2 Å². The Morgan fingerprint density at radius 2 is 1.72 bits per heavy atom. The molecular formula is C14H14BrNO2. The molecule has 18 heavy (non-hydrogen) atoms. The lowest BCUT2D eigenvalue weighted by molar-refractivity contribution is 0.378. The highest BCUT2D eigenvalue weighted by atomic mass is 79.9. The van der Waals surface area contributed by atoms with Crippen LogP contribution in [0.5, 0.6) is 17.2 Å². The van der Waals surface area contributed by atoms with Crippen LogP contribution in [0.2, 0.25) is 0 Å². The van der Waals surface area contributed by atoms with Crippen molar-refractivity contribution in [2.24, 2.45) is 0 Å². The molecule has 94 valence electrons. The molecule has 0 spiro atoms. The Labute approximate surface area is 115 Å². The van der Waals surface area contributed by atoms with Gasteiger partial charge >= 0.3 is 0 Å². The predicted octanol–water partition coefficient (Wildman–Crippen LogP) is 4.14. The molecule has 0 aliphatic rings. The number of methoxy groups -OCH3 is 1. The summed E-state index contributed by atoms with van der Waals surface area (Å²) in [6, 6.07) is 11.2. The zero-order valence-corrected chi connectivity index (χ0v) is 11.8. The molecule has 0 atom stereocenters. The van der Waals surface area contributed by atoms with Gasteiger partial charge in [-0.15, -0.1) is 0 Å². The first-order valence-electron chi connectivity index (χ1n) is 5.47. The molecule has 2 aromatic rings. The molecule has 0 bridgehead atoms. The molecule has 0 amide bonds. The molecule has 0 saturated heterocycles. The van der Waals surface area contributed by atoms with Crippen LogP contribution in [-0.4, -0.2) is 7.11 Å². The number of nitrogen functional groups attached to an aromatic ring is 1. The minimum Gasteiger partial charge on any atom is -0.493 e. The zero-order valence-electron chi connectivity index (χ0n) is 10.2. The Balaban J connectivity index is 2.33. The summed E-state index contributed by atoms with van der Waals surface area (Å²) in [5.41, 5.74) is 7.49. The number of aryl methyl sites for hydroxylation is 1. The van der Waals surface area contributed by atoms with Gasteiger partial charge in [0.1, 0.15) is 5.75 Å². The van der Waals surface area contributed by atoms with Gasteiger partial charge in [0.15, 0.2) is 11.5 Å². The SMILES string of the molecule is COc1cc(C)ccc1Oc1ccc(N)cc1Br. The van der Waals surface area contributed by atoms with E-state index in [2.05, 4.69) is 15.9 Å². The Hall–Kier alpha value is -1.68. The molecule has 2 N–H and O–H groups in total. The highest BCUT2D eigenvalue weighted by Crippen LogP contribution is 2.36. The smallest absolute Gasteiger partial charge is 0.169 e. The monoisotopic (exact) mass is 307 g/mol. The molecule has 0 aliphatic carbocycles. The zero-order chi connectivity index (χ0) is 13.1. The summed E-state index contributed by atoms with van der Waals surface area (Å²) in [5, 5.41) is 0. The number of hydrogen-bond acceptors (Lipinski definition) is 3. The van der Waals surface area contributed by atoms with Crippen LogP contribution in [-0.2, 0) is 0 Å². The molecule has 2 rings (SSSR count). The van der Waals surface area contributed by atoms with E-state index in [0.717, 1.165) is 10.0 Å². The van der Waals surface area contributed by atoms with Crippen molar-refractivity contribution in [2.45, 2.75) is 6.92 Å². The fourth-order valence-electron chi connectivity index (χ4n) is 1.58. The van der Waals surface area contributed by atoms with E-state index in [1.807, 2.05) is 31.2 Å². The first-order valence-corrected chi connectivity index (χ1v) is 6.27. The summed E-state index contributed by atoms with van der Waals surface area (Å²) < 4.78 is 11.9. The summed E-state index contributed by atoms with van der Waals surface area (Å²) in [4.78, 5) is 0. The third-order valence-electron chi connectivity index (χ3n) is 2.49. The minimum atomic E-state index is 0.675. The summed E-state index contributed by atoms with van der Waals surface area (Å²) in [5.74, 6) is 2.08. The first-order chi connectivity index (χ1) is 8.60. The van der Waals surface area contributed by atoms with E-state index in [0.29, 0.717) is 22.9 Å². The minimum absolute atomic E-state index is 0.675. The van der Waals surface area contributed by atoms with Crippen LogP contribution >= 0.6 is 15.9 Å². The Bertz CT molecular complexity index is 570. The van der Waals surface area contributed by atoms with E-state index in [-0.39, 0.29) is 0 Å². The summed E-state index contributed by atoms with van der Waals surface area (Å²) >= 11 is 3.42. The maximum Gasteiger partial charge on any atom is 0.169 e. The van der Waals surface area contributed by atoms with Crippen LogP contribution in [0.3, 0.4) is 0 Å². The molecule has 4 heteroatoms. The van der Waals surface area contributed by atoms with Gasteiger partial charge in [-0.25, -0.2) is 0 Å². The lowest BCUT2D eigenvalue weighted by Gasteiger charge is -2.12. The topological polar surface area (TPSA) is 44.5 Å². The number of ether oxygens (including phenoxy) is 2. The summed E-state index contributed by atoms with van der Waals surface area (Å²) in [6.07, 6.45) is 0. The van der Waals surface area contributed by atoms with E-state index in [1.165, 1.54) is 0 Å². The van der Waals surface area contributed by atoms with Gasteiger partial charge in [0.25, 0.3) is 0 Å². The van der Waals surface area contributed by atoms with Crippen molar-refractivity contribution >= 4 is 21.6 Å².